The summed E-state index contributed by atoms with van der Waals surface area (Å²) >= 11 is 3.49. The Bertz CT molecular complexity index is 404. The molecule has 1 N–H and O–H groups in total. The summed E-state index contributed by atoms with van der Waals surface area (Å²) in [4.78, 5) is 7.33. The quantitative estimate of drug-likeness (QED) is 0.841. The smallest absolute Gasteiger partial charge is 0.0579 e. The first-order valence-corrected chi connectivity index (χ1v) is 8.20. The minimum absolute atomic E-state index is 0. The maximum atomic E-state index is 4.69. The Morgan fingerprint density at radius 1 is 1.14 bits per heavy atom. The molecule has 0 spiro atoms. The predicted octanol–water partition coefficient (Wildman–Crippen LogP) is 3.82. The zero-order valence-electron chi connectivity index (χ0n) is 12.1. The molecule has 0 amide bonds. The molecular weight excluding hydrogens is 373 g/mol. The Kier molecular flexibility index (Phi) is 8.50. The van der Waals surface area contributed by atoms with Crippen LogP contribution in [0.2, 0.25) is 0 Å². The molecule has 1 aromatic heterocycles. The summed E-state index contributed by atoms with van der Waals surface area (Å²) in [6, 6.07) is 4.86. The van der Waals surface area contributed by atoms with Gasteiger partial charge in [-0.2, -0.15) is 0 Å². The molecule has 1 aromatic rings. The number of piperazine rings is 1. The van der Waals surface area contributed by atoms with Crippen molar-refractivity contribution in [3.63, 3.8) is 0 Å². The molecular formula is C15H24BrCl2N3. The van der Waals surface area contributed by atoms with Gasteiger partial charge in [-0.05, 0) is 46.8 Å². The fourth-order valence-electron chi connectivity index (χ4n) is 3.52. The Hall–Kier alpha value is 0.130. The number of halogens is 3. The van der Waals surface area contributed by atoms with Crippen LogP contribution in [0.25, 0.3) is 0 Å². The van der Waals surface area contributed by atoms with E-state index in [1.165, 1.54) is 31.4 Å². The second kappa shape index (κ2) is 9.31. The van der Waals surface area contributed by atoms with Gasteiger partial charge in [0.2, 0.25) is 0 Å². The van der Waals surface area contributed by atoms with Gasteiger partial charge in [-0.3, -0.25) is 9.88 Å². The van der Waals surface area contributed by atoms with Gasteiger partial charge in [-0.1, -0.05) is 12.8 Å². The molecule has 1 atom stereocenters. The van der Waals surface area contributed by atoms with Crippen LogP contribution in [0.3, 0.4) is 0 Å². The highest BCUT2D eigenvalue weighted by Gasteiger charge is 2.32. The van der Waals surface area contributed by atoms with Crippen LogP contribution in [0.4, 0.5) is 0 Å². The second-order valence-electron chi connectivity index (χ2n) is 5.68. The van der Waals surface area contributed by atoms with Crippen molar-refractivity contribution in [1.29, 1.82) is 0 Å². The van der Waals surface area contributed by atoms with Gasteiger partial charge >= 0.3 is 0 Å². The van der Waals surface area contributed by atoms with Crippen molar-refractivity contribution in [2.75, 3.05) is 26.2 Å². The van der Waals surface area contributed by atoms with Crippen LogP contribution in [0, 0.1) is 5.92 Å². The van der Waals surface area contributed by atoms with Gasteiger partial charge in [0.15, 0.2) is 0 Å². The first-order valence-electron chi connectivity index (χ1n) is 7.41. The summed E-state index contributed by atoms with van der Waals surface area (Å²) in [5.41, 5.74) is 1.26. The van der Waals surface area contributed by atoms with Crippen molar-refractivity contribution in [3.05, 3.63) is 28.5 Å². The molecule has 6 heteroatoms. The summed E-state index contributed by atoms with van der Waals surface area (Å²) in [6.07, 6.45) is 7.46. The van der Waals surface area contributed by atoms with E-state index >= 15 is 0 Å². The fraction of sp³-hybridized carbons (Fsp3) is 0.667. The van der Waals surface area contributed by atoms with Crippen molar-refractivity contribution in [2.24, 2.45) is 5.92 Å². The van der Waals surface area contributed by atoms with E-state index in [0.29, 0.717) is 6.04 Å². The summed E-state index contributed by atoms with van der Waals surface area (Å²) in [6.45, 7) is 4.53. The monoisotopic (exact) mass is 395 g/mol. The van der Waals surface area contributed by atoms with Crippen LogP contribution in [0.15, 0.2) is 22.8 Å². The van der Waals surface area contributed by atoms with Crippen molar-refractivity contribution in [3.8, 4) is 0 Å². The first kappa shape index (κ1) is 19.2. The van der Waals surface area contributed by atoms with Crippen molar-refractivity contribution >= 4 is 40.7 Å². The second-order valence-corrected chi connectivity index (χ2v) is 6.59. The SMILES string of the molecule is Brc1ccc([C@H](C2CCCC2)N2CCNCC2)nc1.Cl.Cl. The van der Waals surface area contributed by atoms with E-state index in [9.17, 15) is 0 Å². The fourth-order valence-corrected chi connectivity index (χ4v) is 3.76. The summed E-state index contributed by atoms with van der Waals surface area (Å²) in [7, 11) is 0. The third-order valence-electron chi connectivity index (χ3n) is 4.44. The molecule has 120 valence electrons. The molecule has 3 nitrogen and oxygen atoms in total. The molecule has 1 aliphatic heterocycles. The van der Waals surface area contributed by atoms with Gasteiger partial charge < -0.3 is 5.32 Å². The highest BCUT2D eigenvalue weighted by molar-refractivity contribution is 9.10. The normalized spacial score (nSPS) is 21.4. The third-order valence-corrected chi connectivity index (χ3v) is 4.91. The van der Waals surface area contributed by atoms with Gasteiger partial charge in [0, 0.05) is 36.8 Å². The Morgan fingerprint density at radius 3 is 2.38 bits per heavy atom. The average Bonchev–Trinajstić information content (AvgIpc) is 2.96. The number of hydrogen-bond donors (Lipinski definition) is 1. The summed E-state index contributed by atoms with van der Waals surface area (Å²) in [5.74, 6) is 0.798. The third kappa shape index (κ3) is 4.80. The van der Waals surface area contributed by atoms with E-state index in [0.717, 1.165) is 36.6 Å². The standard InChI is InChI=1S/C15H22BrN3.2ClH/c16-13-5-6-14(18-11-13)15(12-3-1-2-4-12)19-9-7-17-8-10-19;;/h5-6,11-12,15,17H,1-4,7-10H2;2*1H/t15-;;/m0../s1. The van der Waals surface area contributed by atoms with Gasteiger partial charge in [0.1, 0.15) is 0 Å². The minimum atomic E-state index is 0. The molecule has 2 aliphatic rings. The Balaban J connectivity index is 0.00000110. The maximum Gasteiger partial charge on any atom is 0.0579 e. The first-order chi connectivity index (χ1) is 9.34. The predicted molar refractivity (Wildman–Crippen MR) is 95.6 cm³/mol. The van der Waals surface area contributed by atoms with Crippen LogP contribution in [0.5, 0.6) is 0 Å². The summed E-state index contributed by atoms with van der Waals surface area (Å²) in [5, 5.41) is 3.45. The van der Waals surface area contributed by atoms with Gasteiger partial charge in [-0.15, -0.1) is 24.8 Å². The topological polar surface area (TPSA) is 28.2 Å². The Labute approximate surface area is 148 Å². The molecule has 2 heterocycles. The van der Waals surface area contributed by atoms with Gasteiger partial charge in [0.25, 0.3) is 0 Å². The van der Waals surface area contributed by atoms with E-state index in [2.05, 4.69) is 43.3 Å². The average molecular weight is 397 g/mol. The van der Waals surface area contributed by atoms with Crippen LogP contribution < -0.4 is 5.32 Å². The van der Waals surface area contributed by atoms with E-state index in [1.807, 2.05) is 6.20 Å². The lowest BCUT2D eigenvalue weighted by Gasteiger charge is -2.38. The van der Waals surface area contributed by atoms with Crippen molar-refractivity contribution in [2.45, 2.75) is 31.7 Å². The van der Waals surface area contributed by atoms with Crippen LogP contribution in [-0.4, -0.2) is 36.1 Å². The molecule has 0 bridgehead atoms. The molecule has 1 saturated carbocycles. The number of pyridine rings is 1. The van der Waals surface area contributed by atoms with Crippen LogP contribution >= 0.6 is 40.7 Å². The number of rotatable bonds is 3. The van der Waals surface area contributed by atoms with E-state index in [1.54, 1.807) is 0 Å². The highest BCUT2D eigenvalue weighted by Crippen LogP contribution is 2.39. The maximum absolute atomic E-state index is 4.69. The number of nitrogens with zero attached hydrogens (tertiary/aromatic N) is 2. The summed E-state index contributed by atoms with van der Waals surface area (Å²) < 4.78 is 1.07. The lowest BCUT2D eigenvalue weighted by molar-refractivity contribution is 0.122. The molecule has 21 heavy (non-hydrogen) atoms. The molecule has 2 fully saturated rings. The molecule has 3 rings (SSSR count). The lowest BCUT2D eigenvalue weighted by atomic mass is 9.93. The van der Waals surface area contributed by atoms with Crippen LogP contribution in [0.1, 0.15) is 37.4 Å². The molecule has 0 unspecified atom stereocenters. The minimum Gasteiger partial charge on any atom is -0.314 e. The number of hydrogen-bond acceptors (Lipinski definition) is 3. The van der Waals surface area contributed by atoms with E-state index in [-0.39, 0.29) is 24.8 Å². The van der Waals surface area contributed by atoms with E-state index in [4.69, 9.17) is 0 Å². The lowest BCUT2D eigenvalue weighted by Crippen LogP contribution is -2.46. The highest BCUT2D eigenvalue weighted by atomic mass is 79.9. The van der Waals surface area contributed by atoms with E-state index < -0.39 is 0 Å². The number of aromatic nitrogens is 1. The molecule has 1 saturated heterocycles. The molecule has 0 aromatic carbocycles. The zero-order valence-corrected chi connectivity index (χ0v) is 15.4. The largest absolute Gasteiger partial charge is 0.314 e. The zero-order chi connectivity index (χ0) is 13.1. The van der Waals surface area contributed by atoms with Crippen molar-refractivity contribution in [1.82, 2.24) is 15.2 Å². The van der Waals surface area contributed by atoms with Gasteiger partial charge in [-0.25, -0.2) is 0 Å². The van der Waals surface area contributed by atoms with Crippen LogP contribution in [-0.2, 0) is 0 Å². The Morgan fingerprint density at radius 2 is 1.81 bits per heavy atom. The van der Waals surface area contributed by atoms with Gasteiger partial charge in [0.05, 0.1) is 11.7 Å². The molecule has 0 radical (unpaired) electrons. The number of nitrogens with one attached hydrogen (secondary N) is 1. The molecule has 1 aliphatic carbocycles. The van der Waals surface area contributed by atoms with Crippen molar-refractivity contribution < 1.29 is 0 Å².